The van der Waals surface area contributed by atoms with E-state index in [1.807, 2.05) is 12.1 Å². The maximum atomic E-state index is 13.0. The van der Waals surface area contributed by atoms with Gasteiger partial charge in [0.05, 0.1) is 22.5 Å². The Morgan fingerprint density at radius 3 is 2.62 bits per heavy atom. The molecule has 2 amide bonds. The molecule has 1 unspecified atom stereocenters. The van der Waals surface area contributed by atoms with Gasteiger partial charge < -0.3 is 10.1 Å². The van der Waals surface area contributed by atoms with Crippen molar-refractivity contribution in [1.82, 2.24) is 4.98 Å². The molecule has 0 saturated carbocycles. The molecule has 164 valence electrons. The standard InChI is InChI=1S/C22H16F3N3O4/c1-12(32-21(31)16-8-6-13-4-2-3-5-15(13)26-16)20(30)28-11-19(29)27-17-10-14(22(23,24)25)7-9-18(17)28/h2-10,12H,11H2,1H3,(H,27,29). The molecule has 2 heterocycles. The molecular weight excluding hydrogens is 427 g/mol. The minimum Gasteiger partial charge on any atom is -0.448 e. The van der Waals surface area contributed by atoms with Crippen molar-refractivity contribution in [2.75, 3.05) is 16.8 Å². The summed E-state index contributed by atoms with van der Waals surface area (Å²) < 4.78 is 44.2. The van der Waals surface area contributed by atoms with Crippen LogP contribution >= 0.6 is 0 Å². The Morgan fingerprint density at radius 2 is 1.88 bits per heavy atom. The van der Waals surface area contributed by atoms with Gasteiger partial charge >= 0.3 is 12.1 Å². The van der Waals surface area contributed by atoms with Crippen LogP contribution in [-0.4, -0.2) is 35.4 Å². The number of esters is 1. The zero-order valence-corrected chi connectivity index (χ0v) is 16.6. The molecule has 0 aliphatic carbocycles. The highest BCUT2D eigenvalue weighted by molar-refractivity contribution is 6.11. The lowest BCUT2D eigenvalue weighted by Crippen LogP contribution is -2.47. The number of fused-ring (bicyclic) bond motifs is 2. The first-order valence-electron chi connectivity index (χ1n) is 9.53. The summed E-state index contributed by atoms with van der Waals surface area (Å²) in [6, 6.07) is 12.9. The fourth-order valence-corrected chi connectivity index (χ4v) is 3.33. The number of aromatic nitrogens is 1. The maximum absolute atomic E-state index is 13.0. The van der Waals surface area contributed by atoms with E-state index in [1.165, 1.54) is 13.0 Å². The van der Waals surface area contributed by atoms with Gasteiger partial charge in [-0.1, -0.05) is 24.3 Å². The van der Waals surface area contributed by atoms with Gasteiger partial charge in [0.25, 0.3) is 5.91 Å². The van der Waals surface area contributed by atoms with Crippen molar-refractivity contribution in [1.29, 1.82) is 0 Å². The average Bonchev–Trinajstić information content (AvgIpc) is 2.76. The predicted octanol–water partition coefficient (Wildman–Crippen LogP) is 3.78. The number of hydrogen-bond acceptors (Lipinski definition) is 5. The van der Waals surface area contributed by atoms with Crippen LogP contribution in [0.1, 0.15) is 23.0 Å². The van der Waals surface area contributed by atoms with Crippen LogP contribution in [-0.2, 0) is 20.5 Å². The number of alkyl halides is 3. The Kier molecular flexibility index (Phi) is 5.29. The van der Waals surface area contributed by atoms with E-state index in [9.17, 15) is 27.6 Å². The Morgan fingerprint density at radius 1 is 1.12 bits per heavy atom. The van der Waals surface area contributed by atoms with Gasteiger partial charge in [-0.15, -0.1) is 0 Å². The molecular formula is C22H16F3N3O4. The van der Waals surface area contributed by atoms with Crippen LogP contribution < -0.4 is 10.2 Å². The van der Waals surface area contributed by atoms with Gasteiger partial charge in [-0.05, 0) is 37.3 Å². The molecule has 10 heteroatoms. The first-order valence-corrected chi connectivity index (χ1v) is 9.53. The smallest absolute Gasteiger partial charge is 0.416 e. The van der Waals surface area contributed by atoms with Crippen molar-refractivity contribution in [3.05, 3.63) is 65.9 Å². The van der Waals surface area contributed by atoms with E-state index in [1.54, 1.807) is 18.2 Å². The lowest BCUT2D eigenvalue weighted by atomic mass is 10.1. The van der Waals surface area contributed by atoms with Crippen LogP contribution in [0.15, 0.2) is 54.6 Å². The van der Waals surface area contributed by atoms with Gasteiger partial charge in [0.1, 0.15) is 12.2 Å². The fourth-order valence-electron chi connectivity index (χ4n) is 3.33. The highest BCUT2D eigenvalue weighted by atomic mass is 19.4. The summed E-state index contributed by atoms with van der Waals surface area (Å²) in [4.78, 5) is 42.6. The minimum absolute atomic E-state index is 0.00467. The monoisotopic (exact) mass is 443 g/mol. The van der Waals surface area contributed by atoms with Crippen LogP contribution in [0.2, 0.25) is 0 Å². The molecule has 0 fully saturated rings. The van der Waals surface area contributed by atoms with Crippen molar-refractivity contribution in [2.24, 2.45) is 0 Å². The van der Waals surface area contributed by atoms with Gasteiger partial charge in [0.15, 0.2) is 6.10 Å². The van der Waals surface area contributed by atoms with Gasteiger partial charge in [-0.25, -0.2) is 9.78 Å². The van der Waals surface area contributed by atoms with Crippen LogP contribution in [0.5, 0.6) is 0 Å². The third-order valence-corrected chi connectivity index (χ3v) is 4.90. The molecule has 2 aromatic carbocycles. The summed E-state index contributed by atoms with van der Waals surface area (Å²) >= 11 is 0. The number of halogens is 3. The van der Waals surface area contributed by atoms with Gasteiger partial charge in [-0.2, -0.15) is 13.2 Å². The topological polar surface area (TPSA) is 88.6 Å². The van der Waals surface area contributed by atoms with E-state index in [0.29, 0.717) is 5.52 Å². The molecule has 7 nitrogen and oxygen atoms in total. The fraction of sp³-hybridized carbons (Fsp3) is 0.182. The van der Waals surface area contributed by atoms with Gasteiger partial charge in [0.2, 0.25) is 5.91 Å². The number of carbonyl (C=O) groups excluding carboxylic acids is 3. The molecule has 0 spiro atoms. The quantitative estimate of drug-likeness (QED) is 0.623. The summed E-state index contributed by atoms with van der Waals surface area (Å²) in [6.07, 6.45) is -5.92. The number of nitrogens with one attached hydrogen (secondary N) is 1. The maximum Gasteiger partial charge on any atom is 0.416 e. The highest BCUT2D eigenvalue weighted by Crippen LogP contribution is 2.37. The summed E-state index contributed by atoms with van der Waals surface area (Å²) in [5, 5.41) is 3.15. The SMILES string of the molecule is CC(OC(=O)c1ccc2ccccc2n1)C(=O)N1CC(=O)Nc2cc(C(F)(F)F)ccc21. The van der Waals surface area contributed by atoms with Crippen LogP contribution in [0, 0.1) is 0 Å². The second kappa shape index (κ2) is 7.95. The molecule has 1 aliphatic rings. The lowest BCUT2D eigenvalue weighted by Gasteiger charge is -2.31. The first-order chi connectivity index (χ1) is 15.1. The van der Waals surface area contributed by atoms with Crippen molar-refractivity contribution in [3.63, 3.8) is 0 Å². The number of rotatable bonds is 3. The molecule has 0 saturated heterocycles. The molecule has 1 N–H and O–H groups in total. The summed E-state index contributed by atoms with van der Waals surface area (Å²) in [5.41, 5.74) is -0.473. The van der Waals surface area contributed by atoms with Crippen LogP contribution in [0.3, 0.4) is 0 Å². The Labute approximate surface area is 179 Å². The Bertz CT molecular complexity index is 1240. The number of amides is 2. The lowest BCUT2D eigenvalue weighted by molar-refractivity contribution is -0.137. The summed E-state index contributed by atoms with van der Waals surface area (Å²) in [5.74, 6) is -2.26. The van der Waals surface area contributed by atoms with E-state index in [0.717, 1.165) is 28.5 Å². The normalized spacial score (nSPS) is 14.5. The first kappa shape index (κ1) is 21.3. The van der Waals surface area contributed by atoms with E-state index in [-0.39, 0.29) is 17.1 Å². The minimum atomic E-state index is -4.61. The average molecular weight is 443 g/mol. The molecule has 1 atom stereocenters. The van der Waals surface area contributed by atoms with E-state index in [4.69, 9.17) is 4.74 Å². The number of hydrogen-bond donors (Lipinski definition) is 1. The predicted molar refractivity (Wildman–Crippen MR) is 109 cm³/mol. The van der Waals surface area contributed by atoms with Gasteiger partial charge in [0, 0.05) is 5.39 Å². The number of pyridine rings is 1. The second-order valence-corrected chi connectivity index (χ2v) is 7.14. The second-order valence-electron chi connectivity index (χ2n) is 7.14. The molecule has 1 aliphatic heterocycles. The zero-order chi connectivity index (χ0) is 23.0. The van der Waals surface area contributed by atoms with Crippen LogP contribution in [0.4, 0.5) is 24.5 Å². The molecule has 32 heavy (non-hydrogen) atoms. The molecule has 1 aromatic heterocycles. The molecule has 0 bridgehead atoms. The number of ether oxygens (including phenoxy) is 1. The third kappa shape index (κ3) is 4.11. The van der Waals surface area contributed by atoms with Crippen molar-refractivity contribution < 1.29 is 32.3 Å². The van der Waals surface area contributed by atoms with Crippen molar-refractivity contribution in [2.45, 2.75) is 19.2 Å². The van der Waals surface area contributed by atoms with Gasteiger partial charge in [-0.3, -0.25) is 14.5 Å². The number of carbonyl (C=O) groups is 3. The highest BCUT2D eigenvalue weighted by Gasteiger charge is 2.35. The van der Waals surface area contributed by atoms with E-state index >= 15 is 0 Å². The largest absolute Gasteiger partial charge is 0.448 e. The third-order valence-electron chi connectivity index (χ3n) is 4.90. The van der Waals surface area contributed by atoms with E-state index < -0.39 is 42.2 Å². The molecule has 3 aromatic rings. The number of para-hydroxylation sites is 1. The van der Waals surface area contributed by atoms with Crippen molar-refractivity contribution >= 4 is 40.1 Å². The van der Waals surface area contributed by atoms with Crippen molar-refractivity contribution in [3.8, 4) is 0 Å². The van der Waals surface area contributed by atoms with E-state index in [2.05, 4.69) is 10.3 Å². The molecule has 0 radical (unpaired) electrons. The number of benzene rings is 2. The van der Waals surface area contributed by atoms with Crippen LogP contribution in [0.25, 0.3) is 10.9 Å². The number of anilines is 2. The zero-order valence-electron chi connectivity index (χ0n) is 16.6. The number of nitrogens with zero attached hydrogens (tertiary/aromatic N) is 2. The Hall–Kier alpha value is -3.95. The molecule has 4 rings (SSSR count). The summed E-state index contributed by atoms with van der Waals surface area (Å²) in [6.45, 7) is 0.894. The Balaban J connectivity index is 1.54. The summed E-state index contributed by atoms with van der Waals surface area (Å²) in [7, 11) is 0.